The van der Waals surface area contributed by atoms with E-state index >= 15 is 0 Å². The van der Waals surface area contributed by atoms with E-state index < -0.39 is 0 Å². The maximum atomic E-state index is 13.3. The lowest BCUT2D eigenvalue weighted by molar-refractivity contribution is -0.139. The monoisotopic (exact) mass is 387 g/mol. The highest BCUT2D eigenvalue weighted by Crippen LogP contribution is 2.40. The van der Waals surface area contributed by atoms with E-state index in [0.29, 0.717) is 17.1 Å². The Balaban J connectivity index is 1.95. The second-order valence-electron chi connectivity index (χ2n) is 7.45. The average molecular weight is 388 g/mol. The molecule has 1 aliphatic carbocycles. The standard InChI is InChI=1S/C22H29NO3S/c1-4-26-18-13-11-16(12-14-18)19-20(27-15(2)3)22(25)23(21(19)24)17-9-7-5-6-8-10-17/h11-15,17H,4-10H2,1-3H3. The summed E-state index contributed by atoms with van der Waals surface area (Å²) in [6, 6.07) is 7.56. The molecule has 0 atom stereocenters. The molecule has 0 bridgehead atoms. The number of hydrogen-bond acceptors (Lipinski definition) is 4. The molecule has 0 unspecified atom stereocenters. The fourth-order valence-electron chi connectivity index (χ4n) is 3.86. The number of carbonyl (C=O) groups is 2. The molecule has 146 valence electrons. The Morgan fingerprint density at radius 1 is 1.04 bits per heavy atom. The van der Waals surface area contributed by atoms with Crippen molar-refractivity contribution in [3.05, 3.63) is 34.7 Å². The Morgan fingerprint density at radius 3 is 2.22 bits per heavy atom. The summed E-state index contributed by atoms with van der Waals surface area (Å²) >= 11 is 1.50. The summed E-state index contributed by atoms with van der Waals surface area (Å²) in [5.41, 5.74) is 1.36. The molecule has 1 aromatic carbocycles. The summed E-state index contributed by atoms with van der Waals surface area (Å²) in [5.74, 6) is 0.547. The van der Waals surface area contributed by atoms with Crippen molar-refractivity contribution in [2.24, 2.45) is 0 Å². The summed E-state index contributed by atoms with van der Waals surface area (Å²) in [4.78, 5) is 28.7. The third kappa shape index (κ3) is 4.40. The van der Waals surface area contributed by atoms with Gasteiger partial charge in [-0.05, 0) is 37.5 Å². The first-order valence-corrected chi connectivity index (χ1v) is 10.9. The van der Waals surface area contributed by atoms with Gasteiger partial charge in [-0.2, -0.15) is 0 Å². The van der Waals surface area contributed by atoms with Crippen LogP contribution < -0.4 is 4.74 Å². The summed E-state index contributed by atoms with van der Waals surface area (Å²) in [6.45, 7) is 6.65. The fourth-order valence-corrected chi connectivity index (χ4v) is 4.85. The second kappa shape index (κ2) is 8.96. The normalized spacial score (nSPS) is 19.2. The highest BCUT2D eigenvalue weighted by molar-refractivity contribution is 8.04. The lowest BCUT2D eigenvalue weighted by Gasteiger charge is -2.25. The smallest absolute Gasteiger partial charge is 0.268 e. The van der Waals surface area contributed by atoms with E-state index in [1.807, 2.05) is 31.2 Å². The number of rotatable bonds is 6. The van der Waals surface area contributed by atoms with Gasteiger partial charge >= 0.3 is 0 Å². The molecule has 0 aromatic heterocycles. The maximum Gasteiger partial charge on any atom is 0.268 e. The molecular weight excluding hydrogens is 358 g/mol. The minimum atomic E-state index is -0.126. The zero-order valence-electron chi connectivity index (χ0n) is 16.5. The van der Waals surface area contributed by atoms with Crippen molar-refractivity contribution >= 4 is 29.1 Å². The van der Waals surface area contributed by atoms with Gasteiger partial charge in [0.15, 0.2) is 0 Å². The van der Waals surface area contributed by atoms with Crippen molar-refractivity contribution in [1.29, 1.82) is 0 Å². The zero-order chi connectivity index (χ0) is 19.4. The van der Waals surface area contributed by atoms with Crippen LogP contribution in [0.15, 0.2) is 29.2 Å². The lowest BCUT2D eigenvalue weighted by atomic mass is 10.0. The van der Waals surface area contributed by atoms with E-state index in [1.54, 1.807) is 4.90 Å². The number of imide groups is 1. The van der Waals surface area contributed by atoms with Crippen LogP contribution in [-0.4, -0.2) is 34.6 Å². The van der Waals surface area contributed by atoms with Crippen molar-refractivity contribution in [3.63, 3.8) is 0 Å². The number of carbonyl (C=O) groups excluding carboxylic acids is 2. The quantitative estimate of drug-likeness (QED) is 0.507. The van der Waals surface area contributed by atoms with Crippen molar-refractivity contribution in [2.75, 3.05) is 6.61 Å². The van der Waals surface area contributed by atoms with Crippen LogP contribution >= 0.6 is 11.8 Å². The Kier molecular flexibility index (Phi) is 6.64. The Hall–Kier alpha value is -1.75. The largest absolute Gasteiger partial charge is 0.494 e. The topological polar surface area (TPSA) is 46.6 Å². The van der Waals surface area contributed by atoms with Crippen LogP contribution in [0.4, 0.5) is 0 Å². The Morgan fingerprint density at radius 2 is 1.67 bits per heavy atom. The summed E-state index contributed by atoms with van der Waals surface area (Å²) < 4.78 is 5.51. The molecule has 2 amide bonds. The lowest BCUT2D eigenvalue weighted by Crippen LogP contribution is -2.40. The highest BCUT2D eigenvalue weighted by atomic mass is 32.2. The SMILES string of the molecule is CCOc1ccc(C2=C(SC(C)C)C(=O)N(C3CCCCCC3)C2=O)cc1. The molecule has 1 saturated carbocycles. The van der Waals surface area contributed by atoms with Gasteiger partial charge in [-0.1, -0.05) is 51.7 Å². The highest BCUT2D eigenvalue weighted by Gasteiger charge is 2.42. The van der Waals surface area contributed by atoms with Gasteiger partial charge in [0.1, 0.15) is 5.75 Å². The summed E-state index contributed by atoms with van der Waals surface area (Å²) in [5, 5.41) is 0.239. The van der Waals surface area contributed by atoms with Gasteiger partial charge in [0.2, 0.25) is 0 Å². The van der Waals surface area contributed by atoms with Crippen LogP contribution in [-0.2, 0) is 9.59 Å². The summed E-state index contributed by atoms with van der Waals surface area (Å²) in [7, 11) is 0. The first kappa shape index (κ1) is 20.0. The third-order valence-corrected chi connectivity index (χ3v) is 6.16. The molecule has 0 spiro atoms. The number of nitrogens with zero attached hydrogens (tertiary/aromatic N) is 1. The number of ether oxygens (including phenoxy) is 1. The van der Waals surface area contributed by atoms with Gasteiger partial charge in [-0.15, -0.1) is 11.8 Å². The van der Waals surface area contributed by atoms with E-state index in [-0.39, 0.29) is 23.1 Å². The number of amides is 2. The van der Waals surface area contributed by atoms with E-state index in [9.17, 15) is 9.59 Å². The molecule has 2 aliphatic rings. The van der Waals surface area contributed by atoms with Crippen LogP contribution in [0.25, 0.3) is 5.57 Å². The first-order valence-electron chi connectivity index (χ1n) is 10.0. The first-order chi connectivity index (χ1) is 13.0. The maximum absolute atomic E-state index is 13.3. The van der Waals surface area contributed by atoms with E-state index in [0.717, 1.165) is 37.0 Å². The number of benzene rings is 1. The fraction of sp³-hybridized carbons (Fsp3) is 0.545. The van der Waals surface area contributed by atoms with Crippen molar-refractivity contribution in [1.82, 2.24) is 4.90 Å². The molecule has 5 heteroatoms. The zero-order valence-corrected chi connectivity index (χ0v) is 17.3. The Bertz CT molecular complexity index is 716. The van der Waals surface area contributed by atoms with E-state index in [4.69, 9.17) is 4.74 Å². The molecule has 0 N–H and O–H groups in total. The van der Waals surface area contributed by atoms with Gasteiger partial charge in [-0.3, -0.25) is 14.5 Å². The van der Waals surface area contributed by atoms with Gasteiger partial charge in [0, 0.05) is 11.3 Å². The second-order valence-corrected chi connectivity index (χ2v) is 9.04. The molecule has 1 heterocycles. The molecule has 4 nitrogen and oxygen atoms in total. The van der Waals surface area contributed by atoms with Crippen molar-refractivity contribution in [3.8, 4) is 5.75 Å². The number of thioether (sulfide) groups is 1. The van der Waals surface area contributed by atoms with E-state index in [2.05, 4.69) is 13.8 Å². The van der Waals surface area contributed by atoms with Crippen molar-refractivity contribution in [2.45, 2.75) is 70.6 Å². The Labute approximate surface area is 166 Å². The molecule has 1 aliphatic heterocycles. The van der Waals surface area contributed by atoms with Gasteiger partial charge in [-0.25, -0.2) is 0 Å². The number of hydrogen-bond donors (Lipinski definition) is 0. The minimum absolute atomic E-state index is 0.0375. The minimum Gasteiger partial charge on any atom is -0.494 e. The predicted octanol–water partition coefficient (Wildman–Crippen LogP) is 5.03. The average Bonchev–Trinajstić information content (AvgIpc) is 2.82. The molecule has 0 radical (unpaired) electrons. The molecular formula is C22H29NO3S. The summed E-state index contributed by atoms with van der Waals surface area (Å²) in [6.07, 6.45) is 6.42. The molecule has 1 fully saturated rings. The van der Waals surface area contributed by atoms with Crippen LogP contribution in [0.5, 0.6) is 5.75 Å². The van der Waals surface area contributed by atoms with Crippen LogP contribution in [0.2, 0.25) is 0 Å². The van der Waals surface area contributed by atoms with Crippen LogP contribution in [0, 0.1) is 0 Å². The van der Waals surface area contributed by atoms with Crippen LogP contribution in [0.3, 0.4) is 0 Å². The van der Waals surface area contributed by atoms with E-state index in [1.165, 1.54) is 24.6 Å². The van der Waals surface area contributed by atoms with Crippen molar-refractivity contribution < 1.29 is 14.3 Å². The molecule has 3 rings (SSSR count). The van der Waals surface area contributed by atoms with Gasteiger partial charge < -0.3 is 4.74 Å². The predicted molar refractivity (Wildman–Crippen MR) is 111 cm³/mol. The molecule has 1 aromatic rings. The third-order valence-electron chi connectivity index (χ3n) is 5.07. The van der Waals surface area contributed by atoms with Gasteiger partial charge in [0.25, 0.3) is 11.8 Å². The molecule has 0 saturated heterocycles. The molecule has 27 heavy (non-hydrogen) atoms. The van der Waals surface area contributed by atoms with Crippen LogP contribution in [0.1, 0.15) is 64.9 Å². The van der Waals surface area contributed by atoms with Gasteiger partial charge in [0.05, 0.1) is 17.1 Å².